The fraction of sp³-hybridized carbons (Fsp3) is 0.107. The Labute approximate surface area is 231 Å². The van der Waals surface area contributed by atoms with Gasteiger partial charge in [0, 0.05) is 21.9 Å². The molecular formula is C28H22BrClF2N2O4. The van der Waals surface area contributed by atoms with Gasteiger partial charge in [-0.25, -0.2) is 18.6 Å². The van der Waals surface area contributed by atoms with Gasteiger partial charge in [0.2, 0.25) is 5.88 Å². The molecule has 1 aromatic heterocycles. The quantitative estimate of drug-likeness (QED) is 0.239. The Bertz CT molecular complexity index is 1450. The van der Waals surface area contributed by atoms with Gasteiger partial charge in [0.15, 0.2) is 0 Å². The molecule has 0 saturated heterocycles. The van der Waals surface area contributed by atoms with Crippen molar-refractivity contribution in [3.63, 3.8) is 0 Å². The van der Waals surface area contributed by atoms with Crippen molar-refractivity contribution in [2.45, 2.75) is 6.92 Å². The van der Waals surface area contributed by atoms with Crippen LogP contribution in [-0.4, -0.2) is 31.1 Å². The van der Waals surface area contributed by atoms with Gasteiger partial charge in [-0.05, 0) is 60.5 Å². The molecule has 3 aromatic carbocycles. The molecule has 0 bridgehead atoms. The fourth-order valence-corrected chi connectivity index (χ4v) is 3.81. The SMILES string of the molecule is COC(=O)c1ccc(C)c(Br)c1.COc1ncc(Cl)cc1-c1ccc(NC(=O)c2c(F)cccc2F)cc1. The Morgan fingerprint density at radius 2 is 1.63 bits per heavy atom. The Hall–Kier alpha value is -3.82. The third-order valence-electron chi connectivity index (χ3n) is 5.25. The number of methoxy groups -OCH3 is 2. The first-order valence-electron chi connectivity index (χ1n) is 11.0. The highest BCUT2D eigenvalue weighted by molar-refractivity contribution is 9.10. The largest absolute Gasteiger partial charge is 0.481 e. The maximum absolute atomic E-state index is 13.7. The van der Waals surface area contributed by atoms with Crippen LogP contribution in [0.25, 0.3) is 11.1 Å². The van der Waals surface area contributed by atoms with E-state index >= 15 is 0 Å². The number of carbonyl (C=O) groups is 2. The van der Waals surface area contributed by atoms with E-state index in [0.717, 1.165) is 27.7 Å². The first kappa shape index (κ1) is 28.7. The fourth-order valence-electron chi connectivity index (χ4n) is 3.28. The van der Waals surface area contributed by atoms with E-state index in [-0.39, 0.29) is 5.97 Å². The number of halogens is 4. The number of hydrogen-bond acceptors (Lipinski definition) is 5. The first-order chi connectivity index (χ1) is 18.1. The molecule has 0 unspecified atom stereocenters. The van der Waals surface area contributed by atoms with E-state index in [2.05, 4.69) is 31.0 Å². The second kappa shape index (κ2) is 13.1. The van der Waals surface area contributed by atoms with Crippen molar-refractivity contribution in [2.75, 3.05) is 19.5 Å². The maximum atomic E-state index is 13.7. The molecule has 4 rings (SSSR count). The number of carbonyl (C=O) groups excluding carboxylic acids is 2. The summed E-state index contributed by atoms with van der Waals surface area (Å²) in [6.45, 7) is 1.96. The average molecular weight is 604 g/mol. The third-order valence-corrected chi connectivity index (χ3v) is 6.31. The molecule has 6 nitrogen and oxygen atoms in total. The van der Waals surface area contributed by atoms with E-state index in [0.29, 0.717) is 27.7 Å². The van der Waals surface area contributed by atoms with Crippen LogP contribution >= 0.6 is 27.5 Å². The van der Waals surface area contributed by atoms with Crippen LogP contribution in [0.1, 0.15) is 26.3 Å². The zero-order chi connectivity index (χ0) is 27.8. The number of pyridine rings is 1. The van der Waals surface area contributed by atoms with Crippen LogP contribution in [0.4, 0.5) is 14.5 Å². The summed E-state index contributed by atoms with van der Waals surface area (Å²) in [5, 5.41) is 2.92. The molecule has 0 aliphatic rings. The molecule has 196 valence electrons. The minimum atomic E-state index is -0.922. The summed E-state index contributed by atoms with van der Waals surface area (Å²) in [4.78, 5) is 27.2. The molecule has 0 aliphatic heterocycles. The molecular weight excluding hydrogens is 582 g/mol. The van der Waals surface area contributed by atoms with Crippen LogP contribution in [0, 0.1) is 18.6 Å². The number of esters is 1. The number of hydrogen-bond donors (Lipinski definition) is 1. The van der Waals surface area contributed by atoms with E-state index in [1.165, 1.54) is 26.5 Å². The van der Waals surface area contributed by atoms with Crippen molar-refractivity contribution in [3.8, 4) is 17.0 Å². The van der Waals surface area contributed by atoms with Gasteiger partial charge in [-0.15, -0.1) is 0 Å². The molecule has 1 N–H and O–H groups in total. The Kier molecular flexibility index (Phi) is 9.92. The van der Waals surface area contributed by atoms with Crippen molar-refractivity contribution in [1.29, 1.82) is 0 Å². The predicted molar refractivity (Wildman–Crippen MR) is 146 cm³/mol. The number of aryl methyl sites for hydroxylation is 1. The minimum absolute atomic E-state index is 0.310. The number of amides is 1. The Morgan fingerprint density at radius 1 is 0.974 bits per heavy atom. The predicted octanol–water partition coefficient (Wildman–Crippen LogP) is 7.49. The summed E-state index contributed by atoms with van der Waals surface area (Å²) < 4.78 is 38.1. The lowest BCUT2D eigenvalue weighted by Crippen LogP contribution is -2.15. The summed E-state index contributed by atoms with van der Waals surface area (Å²) in [6, 6.07) is 17.0. The highest BCUT2D eigenvalue weighted by Crippen LogP contribution is 2.31. The van der Waals surface area contributed by atoms with Gasteiger partial charge in [0.25, 0.3) is 5.91 Å². The number of anilines is 1. The lowest BCUT2D eigenvalue weighted by Gasteiger charge is -2.10. The van der Waals surface area contributed by atoms with Gasteiger partial charge >= 0.3 is 5.97 Å². The van der Waals surface area contributed by atoms with Gasteiger partial charge in [-0.1, -0.05) is 51.8 Å². The second-order valence-corrected chi connectivity index (χ2v) is 9.08. The van der Waals surface area contributed by atoms with Crippen LogP contribution in [0.2, 0.25) is 5.02 Å². The topological polar surface area (TPSA) is 77.5 Å². The standard InChI is InChI=1S/C19H13ClF2N2O2.C9H9BrO2/c1-26-19-14(9-12(20)10-23-19)11-5-7-13(8-6-11)24-18(25)17-15(21)3-2-4-16(17)22;1-6-3-4-7(5-8(6)10)9(11)12-2/h2-10H,1H3,(H,24,25);3-5H,1-2H3. The number of nitrogens with zero attached hydrogens (tertiary/aromatic N) is 1. The summed E-state index contributed by atoms with van der Waals surface area (Å²) in [6.07, 6.45) is 1.47. The van der Waals surface area contributed by atoms with Crippen LogP contribution < -0.4 is 10.1 Å². The van der Waals surface area contributed by atoms with E-state index in [4.69, 9.17) is 16.3 Å². The molecule has 4 aromatic rings. The maximum Gasteiger partial charge on any atom is 0.337 e. The molecule has 38 heavy (non-hydrogen) atoms. The van der Waals surface area contributed by atoms with Gasteiger partial charge in [-0.3, -0.25) is 4.79 Å². The second-order valence-electron chi connectivity index (χ2n) is 7.79. The van der Waals surface area contributed by atoms with E-state index in [9.17, 15) is 18.4 Å². The normalized spacial score (nSPS) is 10.2. The molecule has 0 saturated carbocycles. The summed E-state index contributed by atoms with van der Waals surface area (Å²) in [5.41, 5.74) is 2.86. The Morgan fingerprint density at radius 3 is 2.21 bits per heavy atom. The van der Waals surface area contributed by atoms with Gasteiger partial charge < -0.3 is 14.8 Å². The zero-order valence-corrected chi connectivity index (χ0v) is 22.9. The number of aromatic nitrogens is 1. The molecule has 0 atom stereocenters. The molecule has 0 spiro atoms. The highest BCUT2D eigenvalue weighted by Gasteiger charge is 2.17. The van der Waals surface area contributed by atoms with Gasteiger partial charge in [0.05, 0.1) is 24.8 Å². The van der Waals surface area contributed by atoms with Crippen LogP contribution in [0.15, 0.2) is 77.4 Å². The molecule has 0 radical (unpaired) electrons. The zero-order valence-electron chi connectivity index (χ0n) is 20.5. The third kappa shape index (κ3) is 7.14. The summed E-state index contributed by atoms with van der Waals surface area (Å²) in [7, 11) is 2.87. The smallest absolute Gasteiger partial charge is 0.337 e. The van der Waals surface area contributed by atoms with Crippen molar-refractivity contribution in [1.82, 2.24) is 4.98 Å². The molecule has 0 fully saturated rings. The number of rotatable bonds is 5. The number of nitrogens with one attached hydrogen (secondary N) is 1. The average Bonchev–Trinajstić information content (AvgIpc) is 2.90. The van der Waals surface area contributed by atoms with E-state index in [1.54, 1.807) is 42.5 Å². The molecule has 1 amide bonds. The van der Waals surface area contributed by atoms with Crippen LogP contribution in [0.3, 0.4) is 0 Å². The van der Waals surface area contributed by atoms with Crippen LogP contribution in [-0.2, 0) is 4.74 Å². The lowest BCUT2D eigenvalue weighted by atomic mass is 10.1. The summed E-state index contributed by atoms with van der Waals surface area (Å²) in [5.74, 6) is -2.62. The number of ether oxygens (including phenoxy) is 2. The Balaban J connectivity index is 0.000000279. The molecule has 1 heterocycles. The van der Waals surface area contributed by atoms with E-state index in [1.807, 2.05) is 13.0 Å². The first-order valence-corrected chi connectivity index (χ1v) is 12.2. The van der Waals surface area contributed by atoms with Crippen molar-refractivity contribution < 1.29 is 27.8 Å². The monoisotopic (exact) mass is 602 g/mol. The highest BCUT2D eigenvalue weighted by atomic mass is 79.9. The van der Waals surface area contributed by atoms with Gasteiger partial charge in [0.1, 0.15) is 17.2 Å². The number of benzene rings is 3. The van der Waals surface area contributed by atoms with Crippen molar-refractivity contribution >= 4 is 45.1 Å². The van der Waals surface area contributed by atoms with Crippen molar-refractivity contribution in [2.24, 2.45) is 0 Å². The van der Waals surface area contributed by atoms with Crippen molar-refractivity contribution in [3.05, 3.63) is 111 Å². The minimum Gasteiger partial charge on any atom is -0.481 e. The lowest BCUT2D eigenvalue weighted by molar-refractivity contribution is 0.0600. The van der Waals surface area contributed by atoms with Gasteiger partial charge in [-0.2, -0.15) is 0 Å². The molecule has 10 heteroatoms. The van der Waals surface area contributed by atoms with E-state index < -0.39 is 23.1 Å². The molecule has 0 aliphatic carbocycles. The summed E-state index contributed by atoms with van der Waals surface area (Å²) >= 11 is 9.31. The van der Waals surface area contributed by atoms with Crippen LogP contribution in [0.5, 0.6) is 5.88 Å².